The second kappa shape index (κ2) is 7.72. The Kier molecular flexibility index (Phi) is 4.97. The number of carbonyl (C=O) groups excluding carboxylic acids is 1. The number of aryl methyl sites for hydroxylation is 1. The Morgan fingerprint density at radius 3 is 2.82 bits per heavy atom. The van der Waals surface area contributed by atoms with E-state index in [1.807, 2.05) is 43.3 Å². The Bertz CT molecular complexity index is 1080. The van der Waals surface area contributed by atoms with Gasteiger partial charge in [-0.2, -0.15) is 5.10 Å². The average molecular weight is 379 g/mol. The van der Waals surface area contributed by atoms with E-state index >= 15 is 0 Å². The molecule has 2 heterocycles. The zero-order chi connectivity index (χ0) is 19.5. The summed E-state index contributed by atoms with van der Waals surface area (Å²) in [7, 11) is 0. The minimum Gasteiger partial charge on any atom is -0.486 e. The first-order valence-corrected chi connectivity index (χ1v) is 9.25. The van der Waals surface area contributed by atoms with Gasteiger partial charge in [0, 0.05) is 11.8 Å². The molecule has 4 rings (SSSR count). The van der Waals surface area contributed by atoms with Crippen LogP contribution in [-0.4, -0.2) is 28.9 Å². The number of hydrogen-bond donors (Lipinski definition) is 1. The van der Waals surface area contributed by atoms with Crippen molar-refractivity contribution in [3.05, 3.63) is 64.4 Å². The molecule has 7 nitrogen and oxygen atoms in total. The van der Waals surface area contributed by atoms with Crippen LogP contribution in [0, 0.1) is 0 Å². The first-order chi connectivity index (χ1) is 13.6. The molecule has 1 amide bonds. The van der Waals surface area contributed by atoms with E-state index < -0.39 is 0 Å². The Labute approximate surface area is 161 Å². The molecule has 28 heavy (non-hydrogen) atoms. The Balaban J connectivity index is 1.41. The van der Waals surface area contributed by atoms with Crippen LogP contribution in [0.4, 0.5) is 0 Å². The van der Waals surface area contributed by atoms with Gasteiger partial charge in [0.25, 0.3) is 0 Å². The van der Waals surface area contributed by atoms with Crippen LogP contribution in [0.1, 0.15) is 24.9 Å². The molecule has 144 valence electrons. The summed E-state index contributed by atoms with van der Waals surface area (Å²) >= 11 is 0. The SMILES string of the molecule is C[C@@H](NC(=O)CCn1ncc(=O)c2ccccc21)c1ccc2c(c1)OCCO2. The van der Waals surface area contributed by atoms with Gasteiger partial charge in [0.2, 0.25) is 11.3 Å². The quantitative estimate of drug-likeness (QED) is 0.736. The van der Waals surface area contributed by atoms with E-state index in [4.69, 9.17) is 9.47 Å². The number of hydrogen-bond acceptors (Lipinski definition) is 5. The van der Waals surface area contributed by atoms with E-state index in [1.165, 1.54) is 6.20 Å². The fourth-order valence-corrected chi connectivity index (χ4v) is 3.27. The molecule has 1 aliphatic rings. The Morgan fingerprint density at radius 1 is 1.18 bits per heavy atom. The zero-order valence-electron chi connectivity index (χ0n) is 15.6. The number of amides is 1. The fourth-order valence-electron chi connectivity index (χ4n) is 3.27. The summed E-state index contributed by atoms with van der Waals surface area (Å²) in [4.78, 5) is 24.3. The molecule has 7 heteroatoms. The predicted molar refractivity (Wildman–Crippen MR) is 105 cm³/mol. The molecule has 0 saturated carbocycles. The van der Waals surface area contributed by atoms with Gasteiger partial charge in [-0.25, -0.2) is 0 Å². The van der Waals surface area contributed by atoms with Crippen LogP contribution in [0.5, 0.6) is 11.5 Å². The number of ether oxygens (including phenoxy) is 2. The minimum absolute atomic E-state index is 0.0908. The van der Waals surface area contributed by atoms with Crippen molar-refractivity contribution in [2.24, 2.45) is 0 Å². The van der Waals surface area contributed by atoms with Crippen LogP contribution in [0.3, 0.4) is 0 Å². The first kappa shape index (κ1) is 18.0. The largest absolute Gasteiger partial charge is 0.486 e. The van der Waals surface area contributed by atoms with Crippen molar-refractivity contribution < 1.29 is 14.3 Å². The van der Waals surface area contributed by atoms with E-state index in [1.54, 1.807) is 10.7 Å². The lowest BCUT2D eigenvalue weighted by Crippen LogP contribution is -2.28. The van der Waals surface area contributed by atoms with Gasteiger partial charge >= 0.3 is 0 Å². The highest BCUT2D eigenvalue weighted by Gasteiger charge is 2.16. The molecule has 0 saturated heterocycles. The van der Waals surface area contributed by atoms with Crippen LogP contribution in [0.15, 0.2) is 53.5 Å². The molecule has 1 atom stereocenters. The number of carbonyl (C=O) groups is 1. The topological polar surface area (TPSA) is 82.5 Å². The number of aromatic nitrogens is 2. The van der Waals surface area contributed by atoms with Gasteiger partial charge in [0.05, 0.1) is 24.3 Å². The Hall–Kier alpha value is -3.35. The maximum Gasteiger partial charge on any atom is 0.222 e. The fraction of sp³-hybridized carbons (Fsp3) is 0.286. The van der Waals surface area contributed by atoms with Crippen LogP contribution in [0.2, 0.25) is 0 Å². The number of nitrogens with one attached hydrogen (secondary N) is 1. The molecule has 1 N–H and O–H groups in total. The summed E-state index contributed by atoms with van der Waals surface area (Å²) in [5.74, 6) is 1.34. The molecular weight excluding hydrogens is 358 g/mol. The van der Waals surface area contributed by atoms with Gasteiger partial charge in [-0.05, 0) is 36.8 Å². The van der Waals surface area contributed by atoms with E-state index in [0.29, 0.717) is 30.9 Å². The lowest BCUT2D eigenvalue weighted by molar-refractivity contribution is -0.122. The summed E-state index contributed by atoms with van der Waals surface area (Å²) in [6.45, 7) is 3.39. The number of fused-ring (bicyclic) bond motifs is 2. The number of nitrogens with zero attached hydrogens (tertiary/aromatic N) is 2. The smallest absolute Gasteiger partial charge is 0.222 e. The van der Waals surface area contributed by atoms with E-state index in [0.717, 1.165) is 16.8 Å². The maximum atomic E-state index is 12.4. The molecule has 0 bridgehead atoms. The summed E-state index contributed by atoms with van der Waals surface area (Å²) in [6, 6.07) is 12.8. The maximum absolute atomic E-state index is 12.4. The van der Waals surface area contributed by atoms with Crippen molar-refractivity contribution in [3.63, 3.8) is 0 Å². The van der Waals surface area contributed by atoms with Crippen LogP contribution < -0.4 is 20.2 Å². The van der Waals surface area contributed by atoms with Gasteiger partial charge in [-0.15, -0.1) is 0 Å². The monoisotopic (exact) mass is 379 g/mol. The number of para-hydroxylation sites is 1. The summed E-state index contributed by atoms with van der Waals surface area (Å²) < 4.78 is 12.8. The van der Waals surface area contributed by atoms with Gasteiger partial charge in [-0.3, -0.25) is 14.3 Å². The van der Waals surface area contributed by atoms with Crippen LogP contribution >= 0.6 is 0 Å². The van der Waals surface area contributed by atoms with Gasteiger partial charge in [0.1, 0.15) is 13.2 Å². The van der Waals surface area contributed by atoms with Gasteiger partial charge in [-0.1, -0.05) is 18.2 Å². The molecule has 0 aliphatic carbocycles. The van der Waals surface area contributed by atoms with Crippen molar-refractivity contribution in [1.29, 1.82) is 0 Å². The summed E-state index contributed by atoms with van der Waals surface area (Å²) in [5, 5.41) is 7.75. The highest BCUT2D eigenvalue weighted by atomic mass is 16.6. The van der Waals surface area contributed by atoms with E-state index in [-0.39, 0.29) is 23.8 Å². The highest BCUT2D eigenvalue weighted by molar-refractivity contribution is 5.79. The lowest BCUT2D eigenvalue weighted by Gasteiger charge is -2.21. The third-order valence-electron chi connectivity index (χ3n) is 4.76. The first-order valence-electron chi connectivity index (χ1n) is 9.25. The third kappa shape index (κ3) is 3.69. The highest BCUT2D eigenvalue weighted by Crippen LogP contribution is 2.32. The van der Waals surface area contributed by atoms with Gasteiger partial charge in [0.15, 0.2) is 11.5 Å². The number of benzene rings is 2. The van der Waals surface area contributed by atoms with Crippen LogP contribution in [-0.2, 0) is 11.3 Å². The minimum atomic E-state index is -0.165. The predicted octanol–water partition coefficient (Wildman–Crippen LogP) is 2.44. The van der Waals surface area contributed by atoms with Crippen molar-refractivity contribution >= 4 is 16.8 Å². The molecule has 1 aliphatic heterocycles. The molecule has 0 spiro atoms. The zero-order valence-corrected chi connectivity index (χ0v) is 15.6. The second-order valence-electron chi connectivity index (χ2n) is 6.69. The summed E-state index contributed by atoms with van der Waals surface area (Å²) in [6.07, 6.45) is 1.55. The summed E-state index contributed by atoms with van der Waals surface area (Å²) in [5.41, 5.74) is 1.55. The lowest BCUT2D eigenvalue weighted by atomic mass is 10.1. The standard InChI is InChI=1S/C21H21N3O4/c1-14(15-6-7-19-20(12-15)28-11-10-27-19)23-21(26)8-9-24-17-5-3-2-4-16(17)18(25)13-22-24/h2-7,12-14H,8-11H2,1H3,(H,23,26)/t14-/m1/s1. The average Bonchev–Trinajstić information content (AvgIpc) is 2.73. The number of rotatable bonds is 5. The molecule has 0 radical (unpaired) electrons. The van der Waals surface area contributed by atoms with Crippen molar-refractivity contribution in [3.8, 4) is 11.5 Å². The van der Waals surface area contributed by atoms with Gasteiger partial charge < -0.3 is 14.8 Å². The molecule has 1 aromatic heterocycles. The van der Waals surface area contributed by atoms with Crippen LogP contribution in [0.25, 0.3) is 10.9 Å². The van der Waals surface area contributed by atoms with Crippen molar-refractivity contribution in [2.75, 3.05) is 13.2 Å². The van der Waals surface area contributed by atoms with Crippen molar-refractivity contribution in [1.82, 2.24) is 15.1 Å². The second-order valence-corrected chi connectivity index (χ2v) is 6.69. The van der Waals surface area contributed by atoms with E-state index in [9.17, 15) is 9.59 Å². The third-order valence-corrected chi connectivity index (χ3v) is 4.76. The molecule has 3 aromatic rings. The molecule has 0 unspecified atom stereocenters. The van der Waals surface area contributed by atoms with E-state index in [2.05, 4.69) is 10.4 Å². The molecular formula is C21H21N3O4. The normalized spacial score (nSPS) is 13.9. The molecule has 2 aromatic carbocycles. The van der Waals surface area contributed by atoms with Crippen molar-refractivity contribution in [2.45, 2.75) is 25.9 Å². The molecule has 0 fully saturated rings. The Morgan fingerprint density at radius 2 is 1.96 bits per heavy atom.